The first kappa shape index (κ1) is 13.8. The Kier molecular flexibility index (Phi) is 4.69. The van der Waals surface area contributed by atoms with Gasteiger partial charge >= 0.3 is 0 Å². The van der Waals surface area contributed by atoms with Gasteiger partial charge in [-0.25, -0.2) is 0 Å². The molecule has 0 saturated heterocycles. The number of aromatic nitrogens is 1. The van der Waals surface area contributed by atoms with E-state index in [0.29, 0.717) is 6.04 Å². The molecule has 1 atom stereocenters. The van der Waals surface area contributed by atoms with Crippen LogP contribution in [0.1, 0.15) is 35.3 Å². The second-order valence-electron chi connectivity index (χ2n) is 5.03. The van der Waals surface area contributed by atoms with E-state index in [1.54, 1.807) is 0 Å². The molecule has 0 aliphatic carbocycles. The Bertz CT molecular complexity index is 517. The van der Waals surface area contributed by atoms with Gasteiger partial charge in [-0.2, -0.15) is 0 Å². The van der Waals surface area contributed by atoms with Gasteiger partial charge in [-0.3, -0.25) is 4.98 Å². The van der Waals surface area contributed by atoms with Crippen LogP contribution in [0.3, 0.4) is 0 Å². The smallest absolute Gasteiger partial charge is 0.0375 e. The number of hydrogen-bond acceptors (Lipinski definition) is 2. The van der Waals surface area contributed by atoms with Gasteiger partial charge in [0.05, 0.1) is 0 Å². The molecular weight excluding hydrogens is 232 g/mol. The number of hydrogen-bond donors (Lipinski definition) is 1. The molecule has 2 aromatic rings. The SMILES string of the molecule is CCNC(Cc1ccc(C)cc1)c1ccnc(C)c1. The van der Waals surface area contributed by atoms with Gasteiger partial charge in [0.15, 0.2) is 0 Å². The molecule has 19 heavy (non-hydrogen) atoms. The average molecular weight is 254 g/mol. The van der Waals surface area contributed by atoms with Crippen LogP contribution in [0.4, 0.5) is 0 Å². The van der Waals surface area contributed by atoms with Crippen molar-refractivity contribution in [3.05, 3.63) is 65.0 Å². The van der Waals surface area contributed by atoms with E-state index in [2.05, 4.69) is 60.5 Å². The Morgan fingerprint density at radius 3 is 2.47 bits per heavy atom. The molecule has 0 bridgehead atoms. The zero-order valence-corrected chi connectivity index (χ0v) is 12.0. The van der Waals surface area contributed by atoms with Gasteiger partial charge in [0.1, 0.15) is 0 Å². The molecule has 0 radical (unpaired) electrons. The van der Waals surface area contributed by atoms with Crippen LogP contribution >= 0.6 is 0 Å². The van der Waals surface area contributed by atoms with E-state index >= 15 is 0 Å². The maximum atomic E-state index is 4.27. The second kappa shape index (κ2) is 6.48. The molecule has 1 aromatic carbocycles. The minimum atomic E-state index is 0.356. The van der Waals surface area contributed by atoms with Crippen molar-refractivity contribution in [1.29, 1.82) is 0 Å². The lowest BCUT2D eigenvalue weighted by Crippen LogP contribution is -2.23. The highest BCUT2D eigenvalue weighted by molar-refractivity contribution is 5.26. The highest BCUT2D eigenvalue weighted by atomic mass is 14.9. The summed E-state index contributed by atoms with van der Waals surface area (Å²) in [7, 11) is 0. The van der Waals surface area contributed by atoms with E-state index in [1.165, 1.54) is 16.7 Å². The highest BCUT2D eigenvalue weighted by Gasteiger charge is 2.11. The molecule has 0 amide bonds. The summed E-state index contributed by atoms with van der Waals surface area (Å²) in [6, 6.07) is 13.4. The molecule has 0 saturated carbocycles. The standard InChI is InChI=1S/C17H22N2/c1-4-18-17(16-9-10-19-14(3)11-16)12-15-7-5-13(2)6-8-15/h5-11,17-18H,4,12H2,1-3H3. The van der Waals surface area contributed by atoms with Gasteiger partial charge in [-0.05, 0) is 50.1 Å². The summed E-state index contributed by atoms with van der Waals surface area (Å²) in [5, 5.41) is 3.56. The van der Waals surface area contributed by atoms with E-state index in [9.17, 15) is 0 Å². The lowest BCUT2D eigenvalue weighted by Gasteiger charge is -2.19. The number of nitrogens with zero attached hydrogens (tertiary/aromatic N) is 1. The van der Waals surface area contributed by atoms with Crippen molar-refractivity contribution >= 4 is 0 Å². The van der Waals surface area contributed by atoms with Gasteiger partial charge in [0.25, 0.3) is 0 Å². The Hall–Kier alpha value is -1.67. The fourth-order valence-corrected chi connectivity index (χ4v) is 2.30. The van der Waals surface area contributed by atoms with Crippen LogP contribution in [-0.2, 0) is 6.42 Å². The molecule has 0 fully saturated rings. The largest absolute Gasteiger partial charge is 0.310 e. The summed E-state index contributed by atoms with van der Waals surface area (Å²) >= 11 is 0. The van der Waals surface area contributed by atoms with Crippen LogP contribution in [0.25, 0.3) is 0 Å². The Labute approximate surface area is 115 Å². The normalized spacial score (nSPS) is 12.4. The lowest BCUT2D eigenvalue weighted by atomic mass is 9.98. The molecule has 2 nitrogen and oxygen atoms in total. The van der Waals surface area contributed by atoms with Crippen LogP contribution in [0.2, 0.25) is 0 Å². The third kappa shape index (κ3) is 3.90. The molecule has 1 heterocycles. The number of aryl methyl sites for hydroxylation is 2. The number of likely N-dealkylation sites (N-methyl/N-ethyl adjacent to an activating group) is 1. The maximum absolute atomic E-state index is 4.27. The molecular formula is C17H22N2. The van der Waals surface area contributed by atoms with Crippen LogP contribution in [0.5, 0.6) is 0 Å². The third-order valence-electron chi connectivity index (χ3n) is 3.33. The first-order valence-corrected chi connectivity index (χ1v) is 6.90. The fourth-order valence-electron chi connectivity index (χ4n) is 2.30. The van der Waals surface area contributed by atoms with E-state index in [0.717, 1.165) is 18.7 Å². The highest BCUT2D eigenvalue weighted by Crippen LogP contribution is 2.19. The van der Waals surface area contributed by atoms with Crippen molar-refractivity contribution in [1.82, 2.24) is 10.3 Å². The summed E-state index contributed by atoms with van der Waals surface area (Å²) in [5.74, 6) is 0. The van der Waals surface area contributed by atoms with Crippen molar-refractivity contribution in [2.45, 2.75) is 33.2 Å². The predicted octanol–water partition coefficient (Wildman–Crippen LogP) is 3.59. The number of benzene rings is 1. The van der Waals surface area contributed by atoms with Crippen LogP contribution in [-0.4, -0.2) is 11.5 Å². The van der Waals surface area contributed by atoms with Gasteiger partial charge in [-0.1, -0.05) is 36.8 Å². The topological polar surface area (TPSA) is 24.9 Å². The zero-order chi connectivity index (χ0) is 13.7. The second-order valence-corrected chi connectivity index (χ2v) is 5.03. The minimum absolute atomic E-state index is 0.356. The molecule has 2 rings (SSSR count). The monoisotopic (exact) mass is 254 g/mol. The maximum Gasteiger partial charge on any atom is 0.0375 e. The predicted molar refractivity (Wildman–Crippen MR) is 80.3 cm³/mol. The van der Waals surface area contributed by atoms with Crippen molar-refractivity contribution in [3.63, 3.8) is 0 Å². The zero-order valence-electron chi connectivity index (χ0n) is 12.0. The summed E-state index contributed by atoms with van der Waals surface area (Å²) < 4.78 is 0. The van der Waals surface area contributed by atoms with Crippen molar-refractivity contribution in [2.75, 3.05) is 6.54 Å². The Morgan fingerprint density at radius 1 is 1.11 bits per heavy atom. The molecule has 0 aliphatic heterocycles. The van der Waals surface area contributed by atoms with Crippen LogP contribution in [0.15, 0.2) is 42.6 Å². The molecule has 0 spiro atoms. The first-order valence-electron chi connectivity index (χ1n) is 6.90. The summed E-state index contributed by atoms with van der Waals surface area (Å²) in [4.78, 5) is 4.27. The fraction of sp³-hybridized carbons (Fsp3) is 0.353. The summed E-state index contributed by atoms with van der Waals surface area (Å²) in [6.07, 6.45) is 2.90. The minimum Gasteiger partial charge on any atom is -0.310 e. The summed E-state index contributed by atoms with van der Waals surface area (Å²) in [6.45, 7) is 7.28. The van der Waals surface area contributed by atoms with Gasteiger partial charge in [0, 0.05) is 17.9 Å². The Balaban J connectivity index is 2.18. The molecule has 0 aliphatic rings. The van der Waals surface area contributed by atoms with Gasteiger partial charge < -0.3 is 5.32 Å². The van der Waals surface area contributed by atoms with E-state index in [1.807, 2.05) is 13.1 Å². The van der Waals surface area contributed by atoms with Crippen LogP contribution < -0.4 is 5.32 Å². The third-order valence-corrected chi connectivity index (χ3v) is 3.33. The van der Waals surface area contributed by atoms with Gasteiger partial charge in [0.2, 0.25) is 0 Å². The average Bonchev–Trinajstić information content (AvgIpc) is 2.41. The number of nitrogens with one attached hydrogen (secondary N) is 1. The molecule has 1 aromatic heterocycles. The molecule has 1 N–H and O–H groups in total. The molecule has 1 unspecified atom stereocenters. The van der Waals surface area contributed by atoms with E-state index in [-0.39, 0.29) is 0 Å². The van der Waals surface area contributed by atoms with E-state index < -0.39 is 0 Å². The van der Waals surface area contributed by atoms with E-state index in [4.69, 9.17) is 0 Å². The van der Waals surface area contributed by atoms with Crippen molar-refractivity contribution in [2.24, 2.45) is 0 Å². The molecule has 2 heteroatoms. The number of pyridine rings is 1. The Morgan fingerprint density at radius 2 is 1.84 bits per heavy atom. The van der Waals surface area contributed by atoms with Crippen molar-refractivity contribution < 1.29 is 0 Å². The van der Waals surface area contributed by atoms with Crippen LogP contribution in [0, 0.1) is 13.8 Å². The quantitative estimate of drug-likeness (QED) is 0.882. The molecule has 100 valence electrons. The van der Waals surface area contributed by atoms with Crippen molar-refractivity contribution in [3.8, 4) is 0 Å². The first-order chi connectivity index (χ1) is 9.19. The van der Waals surface area contributed by atoms with Gasteiger partial charge in [-0.15, -0.1) is 0 Å². The summed E-state index contributed by atoms with van der Waals surface area (Å²) in [5.41, 5.74) is 5.06. The lowest BCUT2D eigenvalue weighted by molar-refractivity contribution is 0.549. The number of rotatable bonds is 5.